The Labute approximate surface area is 126 Å². The second-order valence-corrected chi connectivity index (χ2v) is 7.66. The van der Waals surface area contributed by atoms with Crippen LogP contribution >= 0.6 is 0 Å². The Morgan fingerprint density at radius 3 is 2.38 bits per heavy atom. The Bertz CT molecular complexity index is 631. The molecule has 0 radical (unpaired) electrons. The maximum absolute atomic E-state index is 12.2. The maximum Gasteiger partial charge on any atom is 0.338 e. The third kappa shape index (κ3) is 3.11. The monoisotopic (exact) mass is 311 g/mol. The molecule has 116 valence electrons. The molecule has 0 aromatic heterocycles. The third-order valence-corrected chi connectivity index (χ3v) is 5.81. The number of carbonyl (C=O) groups is 1. The van der Waals surface area contributed by atoms with Crippen LogP contribution in [0.1, 0.15) is 47.5 Å². The van der Waals surface area contributed by atoms with E-state index in [9.17, 15) is 13.2 Å². The van der Waals surface area contributed by atoms with Crippen molar-refractivity contribution in [2.24, 2.45) is 0 Å². The first-order valence-electron chi connectivity index (χ1n) is 7.02. The number of ether oxygens (including phenoxy) is 1. The van der Waals surface area contributed by atoms with E-state index >= 15 is 0 Å². The lowest BCUT2D eigenvalue weighted by molar-refractivity contribution is 0.0598. The van der Waals surface area contributed by atoms with Crippen molar-refractivity contribution in [2.45, 2.75) is 36.5 Å². The second kappa shape index (κ2) is 6.15. The van der Waals surface area contributed by atoms with E-state index in [1.54, 1.807) is 12.1 Å². The van der Waals surface area contributed by atoms with Gasteiger partial charge in [0.2, 0.25) is 10.0 Å². The molecule has 1 aliphatic carbocycles. The highest BCUT2D eigenvalue weighted by molar-refractivity contribution is 7.89. The number of benzene rings is 1. The predicted molar refractivity (Wildman–Crippen MR) is 79.9 cm³/mol. The topological polar surface area (TPSA) is 63.7 Å². The smallest absolute Gasteiger partial charge is 0.338 e. The van der Waals surface area contributed by atoms with E-state index in [2.05, 4.69) is 0 Å². The highest BCUT2D eigenvalue weighted by atomic mass is 32.2. The van der Waals surface area contributed by atoms with Crippen molar-refractivity contribution in [3.63, 3.8) is 0 Å². The van der Waals surface area contributed by atoms with Crippen molar-refractivity contribution in [1.82, 2.24) is 4.31 Å². The number of hydrogen-bond donors (Lipinski definition) is 0. The van der Waals surface area contributed by atoms with E-state index in [1.165, 1.54) is 27.3 Å². The Balaban J connectivity index is 2.52. The van der Waals surface area contributed by atoms with Crippen LogP contribution in [-0.4, -0.2) is 39.9 Å². The Morgan fingerprint density at radius 1 is 1.24 bits per heavy atom. The molecular weight excluding hydrogens is 290 g/mol. The zero-order chi connectivity index (χ0) is 15.6. The fourth-order valence-electron chi connectivity index (χ4n) is 2.79. The molecule has 0 heterocycles. The number of esters is 1. The van der Waals surface area contributed by atoms with Gasteiger partial charge >= 0.3 is 5.97 Å². The molecule has 1 fully saturated rings. The molecule has 1 aromatic rings. The summed E-state index contributed by atoms with van der Waals surface area (Å²) >= 11 is 0. The summed E-state index contributed by atoms with van der Waals surface area (Å²) in [5.74, 6) is -0.164. The summed E-state index contributed by atoms with van der Waals surface area (Å²) in [5, 5.41) is 0. The quantitative estimate of drug-likeness (QED) is 0.801. The lowest BCUT2D eigenvalue weighted by Crippen LogP contribution is -2.23. The van der Waals surface area contributed by atoms with Crippen molar-refractivity contribution < 1.29 is 17.9 Å². The Hall–Kier alpha value is -1.40. The summed E-state index contributed by atoms with van der Waals surface area (Å²) < 4.78 is 30.4. The van der Waals surface area contributed by atoms with E-state index in [4.69, 9.17) is 4.74 Å². The lowest BCUT2D eigenvalue weighted by Gasteiger charge is -2.17. The van der Waals surface area contributed by atoms with E-state index in [0.29, 0.717) is 11.5 Å². The van der Waals surface area contributed by atoms with Crippen LogP contribution in [0, 0.1) is 0 Å². The summed E-state index contributed by atoms with van der Waals surface area (Å²) in [7, 11) is 0.698. The average Bonchev–Trinajstić information content (AvgIpc) is 2.99. The second-order valence-electron chi connectivity index (χ2n) is 5.51. The minimum Gasteiger partial charge on any atom is -0.465 e. The van der Waals surface area contributed by atoms with Gasteiger partial charge in [0, 0.05) is 14.1 Å². The Morgan fingerprint density at radius 2 is 1.86 bits per heavy atom. The summed E-state index contributed by atoms with van der Waals surface area (Å²) in [6.45, 7) is 0. The van der Waals surface area contributed by atoms with E-state index in [0.717, 1.165) is 35.6 Å². The maximum atomic E-state index is 12.2. The highest BCUT2D eigenvalue weighted by Gasteiger charge is 2.26. The summed E-state index contributed by atoms with van der Waals surface area (Å²) in [6.07, 6.45) is 4.35. The van der Waals surface area contributed by atoms with Gasteiger partial charge in [-0.25, -0.2) is 17.5 Å². The molecule has 1 aliphatic rings. The van der Waals surface area contributed by atoms with Gasteiger partial charge in [0.15, 0.2) is 0 Å². The Kier molecular flexibility index (Phi) is 4.68. The van der Waals surface area contributed by atoms with E-state index in [1.807, 2.05) is 0 Å². The fourth-order valence-corrected chi connectivity index (χ4v) is 3.71. The molecule has 0 amide bonds. The first-order chi connectivity index (χ1) is 9.87. The van der Waals surface area contributed by atoms with Crippen molar-refractivity contribution in [3.05, 3.63) is 29.3 Å². The van der Waals surface area contributed by atoms with Crippen LogP contribution in [0.15, 0.2) is 23.1 Å². The van der Waals surface area contributed by atoms with Crippen molar-refractivity contribution in [3.8, 4) is 0 Å². The highest BCUT2D eigenvalue weighted by Crippen LogP contribution is 2.36. The molecule has 6 heteroatoms. The van der Waals surface area contributed by atoms with E-state index < -0.39 is 16.0 Å². The zero-order valence-corrected chi connectivity index (χ0v) is 13.4. The number of methoxy groups -OCH3 is 1. The van der Waals surface area contributed by atoms with Gasteiger partial charge in [-0.15, -0.1) is 0 Å². The van der Waals surface area contributed by atoms with Crippen LogP contribution in [-0.2, 0) is 14.8 Å². The molecule has 0 unspecified atom stereocenters. The zero-order valence-electron chi connectivity index (χ0n) is 12.6. The molecular formula is C15H21NO4S. The van der Waals surface area contributed by atoms with Gasteiger partial charge in [-0.3, -0.25) is 0 Å². The van der Waals surface area contributed by atoms with Crippen LogP contribution in [0.25, 0.3) is 0 Å². The minimum atomic E-state index is -3.56. The number of rotatable bonds is 4. The summed E-state index contributed by atoms with van der Waals surface area (Å²) in [6, 6.07) is 4.78. The van der Waals surface area contributed by atoms with Crippen molar-refractivity contribution >= 4 is 16.0 Å². The minimum absolute atomic E-state index is 0.120. The molecule has 1 saturated carbocycles. The van der Waals surface area contributed by atoms with Gasteiger partial charge < -0.3 is 4.74 Å². The lowest BCUT2D eigenvalue weighted by atomic mass is 9.93. The first kappa shape index (κ1) is 16.0. The SMILES string of the molecule is COC(=O)c1cc(S(=O)(=O)N(C)C)ccc1C1CCCC1. The predicted octanol–water partition coefficient (Wildman–Crippen LogP) is 2.38. The van der Waals surface area contributed by atoms with E-state index in [-0.39, 0.29) is 4.90 Å². The standard InChI is InChI=1S/C15H21NO4S/c1-16(2)21(18,19)12-8-9-13(11-6-4-5-7-11)14(10-12)15(17)20-3/h8-11H,4-7H2,1-3H3. The molecule has 0 N–H and O–H groups in total. The van der Waals surface area contributed by atoms with Crippen molar-refractivity contribution in [2.75, 3.05) is 21.2 Å². The average molecular weight is 311 g/mol. The molecule has 0 atom stereocenters. The van der Waals surface area contributed by atoms with Gasteiger partial charge in [0.1, 0.15) is 0 Å². The normalized spacial score (nSPS) is 16.4. The molecule has 0 spiro atoms. The van der Waals surface area contributed by atoms with Crippen LogP contribution in [0.2, 0.25) is 0 Å². The fraction of sp³-hybridized carbons (Fsp3) is 0.533. The molecule has 1 aromatic carbocycles. The van der Waals surface area contributed by atoms with Gasteiger partial charge in [0.05, 0.1) is 17.6 Å². The van der Waals surface area contributed by atoms with Gasteiger partial charge in [-0.1, -0.05) is 18.9 Å². The third-order valence-electron chi connectivity index (χ3n) is 4.00. The van der Waals surface area contributed by atoms with Crippen molar-refractivity contribution in [1.29, 1.82) is 0 Å². The number of carbonyl (C=O) groups excluding carboxylic acids is 1. The number of sulfonamides is 1. The van der Waals surface area contributed by atoms with Gasteiger partial charge in [0.25, 0.3) is 0 Å². The van der Waals surface area contributed by atoms with Crippen LogP contribution in [0.5, 0.6) is 0 Å². The largest absolute Gasteiger partial charge is 0.465 e. The first-order valence-corrected chi connectivity index (χ1v) is 8.46. The van der Waals surface area contributed by atoms with Crippen LogP contribution in [0.3, 0.4) is 0 Å². The number of hydrogen-bond acceptors (Lipinski definition) is 4. The molecule has 0 saturated heterocycles. The molecule has 2 rings (SSSR count). The summed E-state index contributed by atoms with van der Waals surface area (Å²) in [4.78, 5) is 12.1. The molecule has 0 bridgehead atoms. The van der Waals surface area contributed by atoms with Crippen LogP contribution in [0.4, 0.5) is 0 Å². The number of nitrogens with zero attached hydrogens (tertiary/aromatic N) is 1. The van der Waals surface area contributed by atoms with Crippen LogP contribution < -0.4 is 0 Å². The molecule has 21 heavy (non-hydrogen) atoms. The molecule has 5 nitrogen and oxygen atoms in total. The van der Waals surface area contributed by atoms with Gasteiger partial charge in [-0.2, -0.15) is 0 Å². The summed E-state index contributed by atoms with van der Waals surface area (Å²) in [5.41, 5.74) is 1.27. The van der Waals surface area contributed by atoms with Gasteiger partial charge in [-0.05, 0) is 36.5 Å². The molecule has 0 aliphatic heterocycles.